The molecule has 1 aliphatic heterocycles. The molecule has 1 aromatic heterocycles. The molecule has 0 bridgehead atoms. The molecular weight excluding hydrogens is 288 g/mol. The van der Waals surface area contributed by atoms with E-state index in [2.05, 4.69) is 53.1 Å². The molecule has 0 atom stereocenters. The zero-order valence-corrected chi connectivity index (χ0v) is 13.8. The zero-order valence-electron chi connectivity index (χ0n) is 13.8. The predicted octanol–water partition coefficient (Wildman–Crippen LogP) is 2.85. The Hall–Kier alpha value is -2.43. The van der Waals surface area contributed by atoms with E-state index in [4.69, 9.17) is 0 Å². The normalized spacial score (nSPS) is 15.2. The van der Waals surface area contributed by atoms with Crippen molar-refractivity contribution >= 4 is 17.4 Å². The van der Waals surface area contributed by atoms with Crippen LogP contribution >= 0.6 is 0 Å². The quantitative estimate of drug-likeness (QED) is 0.947. The van der Waals surface area contributed by atoms with Crippen LogP contribution in [0.3, 0.4) is 0 Å². The summed E-state index contributed by atoms with van der Waals surface area (Å²) in [6.07, 6.45) is 5.04. The van der Waals surface area contributed by atoms with E-state index < -0.39 is 0 Å². The topological polar surface area (TPSA) is 58.1 Å². The molecule has 1 saturated heterocycles. The standard InChI is InChI=1S/C18H22N4O/c1-18(2,3)14-5-4-6-15(9-14)21-17(23)13-11-22(12-13)16-10-19-7-8-20-16/h4-10,13H,11-12H2,1-3H3,(H,21,23). The van der Waals surface area contributed by atoms with E-state index in [9.17, 15) is 4.79 Å². The summed E-state index contributed by atoms with van der Waals surface area (Å²) in [7, 11) is 0. The van der Waals surface area contributed by atoms with Gasteiger partial charge in [-0.2, -0.15) is 0 Å². The van der Waals surface area contributed by atoms with Gasteiger partial charge in [0.1, 0.15) is 5.82 Å². The van der Waals surface area contributed by atoms with Gasteiger partial charge in [-0.05, 0) is 23.1 Å². The molecule has 0 unspecified atom stereocenters. The van der Waals surface area contributed by atoms with Crippen molar-refractivity contribution in [1.29, 1.82) is 0 Å². The van der Waals surface area contributed by atoms with Crippen LogP contribution in [0.5, 0.6) is 0 Å². The van der Waals surface area contributed by atoms with Gasteiger partial charge in [-0.1, -0.05) is 32.9 Å². The van der Waals surface area contributed by atoms with Crippen molar-refractivity contribution in [2.24, 2.45) is 5.92 Å². The van der Waals surface area contributed by atoms with Crippen LogP contribution in [-0.2, 0) is 10.2 Å². The monoisotopic (exact) mass is 310 g/mol. The summed E-state index contributed by atoms with van der Waals surface area (Å²) in [6, 6.07) is 8.07. The van der Waals surface area contributed by atoms with Crippen LogP contribution in [0.15, 0.2) is 42.9 Å². The summed E-state index contributed by atoms with van der Waals surface area (Å²) in [5.41, 5.74) is 2.14. The second-order valence-electron chi connectivity index (χ2n) is 6.99. The molecule has 5 nitrogen and oxygen atoms in total. The number of benzene rings is 1. The lowest BCUT2D eigenvalue weighted by molar-refractivity contribution is -0.120. The van der Waals surface area contributed by atoms with Crippen molar-refractivity contribution in [2.75, 3.05) is 23.3 Å². The van der Waals surface area contributed by atoms with E-state index in [1.54, 1.807) is 18.6 Å². The molecule has 1 amide bonds. The number of amides is 1. The molecule has 3 rings (SSSR count). The van der Waals surface area contributed by atoms with E-state index in [1.165, 1.54) is 5.56 Å². The molecule has 1 N–H and O–H groups in total. The Morgan fingerprint density at radius 1 is 1.26 bits per heavy atom. The first-order valence-electron chi connectivity index (χ1n) is 7.86. The Bertz CT molecular complexity index is 688. The Balaban J connectivity index is 1.59. The fraction of sp³-hybridized carbons (Fsp3) is 0.389. The zero-order chi connectivity index (χ0) is 16.4. The predicted molar refractivity (Wildman–Crippen MR) is 91.5 cm³/mol. The fourth-order valence-corrected chi connectivity index (χ4v) is 2.59. The van der Waals surface area contributed by atoms with Gasteiger partial charge in [-0.25, -0.2) is 4.98 Å². The van der Waals surface area contributed by atoms with Crippen molar-refractivity contribution in [1.82, 2.24) is 9.97 Å². The second-order valence-corrected chi connectivity index (χ2v) is 6.99. The van der Waals surface area contributed by atoms with E-state index in [-0.39, 0.29) is 17.2 Å². The van der Waals surface area contributed by atoms with Crippen LogP contribution in [0, 0.1) is 5.92 Å². The number of hydrogen-bond acceptors (Lipinski definition) is 4. The Morgan fingerprint density at radius 3 is 2.70 bits per heavy atom. The summed E-state index contributed by atoms with van der Waals surface area (Å²) in [4.78, 5) is 22.7. The highest BCUT2D eigenvalue weighted by molar-refractivity contribution is 5.94. The first kappa shape index (κ1) is 15.5. The van der Waals surface area contributed by atoms with Gasteiger partial charge in [0.2, 0.25) is 5.91 Å². The van der Waals surface area contributed by atoms with E-state index in [1.807, 2.05) is 12.1 Å². The van der Waals surface area contributed by atoms with Crippen molar-refractivity contribution in [3.05, 3.63) is 48.4 Å². The van der Waals surface area contributed by atoms with Crippen LogP contribution in [0.2, 0.25) is 0 Å². The van der Waals surface area contributed by atoms with Gasteiger partial charge in [0.15, 0.2) is 0 Å². The van der Waals surface area contributed by atoms with Gasteiger partial charge in [-0.3, -0.25) is 9.78 Å². The molecule has 0 aliphatic carbocycles. The van der Waals surface area contributed by atoms with Crippen molar-refractivity contribution in [2.45, 2.75) is 26.2 Å². The molecule has 120 valence electrons. The Kier molecular flexibility index (Phi) is 4.03. The smallest absolute Gasteiger partial charge is 0.231 e. The van der Waals surface area contributed by atoms with E-state index in [0.717, 1.165) is 11.5 Å². The van der Waals surface area contributed by atoms with Gasteiger partial charge < -0.3 is 10.2 Å². The lowest BCUT2D eigenvalue weighted by atomic mass is 9.87. The maximum absolute atomic E-state index is 12.4. The number of carbonyl (C=O) groups is 1. The lowest BCUT2D eigenvalue weighted by Gasteiger charge is -2.38. The number of nitrogens with one attached hydrogen (secondary N) is 1. The molecule has 5 heteroatoms. The minimum absolute atomic E-state index is 0.00435. The van der Waals surface area contributed by atoms with Crippen molar-refractivity contribution < 1.29 is 4.79 Å². The fourth-order valence-electron chi connectivity index (χ4n) is 2.59. The molecule has 0 radical (unpaired) electrons. The minimum Gasteiger partial charge on any atom is -0.354 e. The number of aromatic nitrogens is 2. The maximum Gasteiger partial charge on any atom is 0.231 e. The number of anilines is 2. The van der Waals surface area contributed by atoms with Gasteiger partial charge in [0, 0.05) is 31.2 Å². The SMILES string of the molecule is CC(C)(C)c1cccc(NC(=O)C2CN(c3cnccn3)C2)c1. The maximum atomic E-state index is 12.4. The third-order valence-electron chi connectivity index (χ3n) is 4.12. The molecule has 2 heterocycles. The molecule has 1 aromatic carbocycles. The number of rotatable bonds is 3. The van der Waals surface area contributed by atoms with Gasteiger partial charge >= 0.3 is 0 Å². The largest absolute Gasteiger partial charge is 0.354 e. The van der Waals surface area contributed by atoms with Crippen LogP contribution < -0.4 is 10.2 Å². The average Bonchev–Trinajstić information content (AvgIpc) is 2.46. The first-order chi connectivity index (χ1) is 10.9. The first-order valence-corrected chi connectivity index (χ1v) is 7.86. The molecule has 1 fully saturated rings. The Labute approximate surface area is 136 Å². The molecule has 0 saturated carbocycles. The Morgan fingerprint density at radius 2 is 2.04 bits per heavy atom. The van der Waals surface area contributed by atoms with Crippen LogP contribution in [0.25, 0.3) is 0 Å². The number of carbonyl (C=O) groups excluding carboxylic acids is 1. The highest BCUT2D eigenvalue weighted by atomic mass is 16.2. The molecular formula is C18H22N4O. The van der Waals surface area contributed by atoms with Gasteiger partial charge in [0.05, 0.1) is 12.1 Å². The van der Waals surface area contributed by atoms with Crippen LogP contribution in [0.4, 0.5) is 11.5 Å². The second kappa shape index (κ2) is 5.99. The highest BCUT2D eigenvalue weighted by Gasteiger charge is 2.33. The molecule has 23 heavy (non-hydrogen) atoms. The molecule has 0 spiro atoms. The van der Waals surface area contributed by atoms with Crippen molar-refractivity contribution in [3.8, 4) is 0 Å². The summed E-state index contributed by atoms with van der Waals surface area (Å²) in [5.74, 6) is 0.887. The van der Waals surface area contributed by atoms with Crippen LogP contribution in [-0.4, -0.2) is 29.0 Å². The summed E-state index contributed by atoms with van der Waals surface area (Å²) < 4.78 is 0. The summed E-state index contributed by atoms with van der Waals surface area (Å²) in [6.45, 7) is 7.86. The van der Waals surface area contributed by atoms with Crippen LogP contribution in [0.1, 0.15) is 26.3 Å². The molecule has 2 aromatic rings. The van der Waals surface area contributed by atoms with Gasteiger partial charge in [0.25, 0.3) is 0 Å². The number of nitrogens with zero attached hydrogens (tertiary/aromatic N) is 3. The lowest BCUT2D eigenvalue weighted by Crippen LogP contribution is -2.52. The van der Waals surface area contributed by atoms with E-state index in [0.29, 0.717) is 13.1 Å². The summed E-state index contributed by atoms with van der Waals surface area (Å²) in [5, 5.41) is 3.03. The van der Waals surface area contributed by atoms with Gasteiger partial charge in [-0.15, -0.1) is 0 Å². The summed E-state index contributed by atoms with van der Waals surface area (Å²) >= 11 is 0. The number of hydrogen-bond donors (Lipinski definition) is 1. The minimum atomic E-state index is -0.00435. The van der Waals surface area contributed by atoms with E-state index >= 15 is 0 Å². The third-order valence-corrected chi connectivity index (χ3v) is 4.12. The third kappa shape index (κ3) is 3.50. The average molecular weight is 310 g/mol. The van der Waals surface area contributed by atoms with Crippen molar-refractivity contribution in [3.63, 3.8) is 0 Å². The molecule has 1 aliphatic rings. The highest BCUT2D eigenvalue weighted by Crippen LogP contribution is 2.26.